The number of rotatable bonds is 54. The summed E-state index contributed by atoms with van der Waals surface area (Å²) in [6, 6.07) is -0.633. The molecule has 3 N–H and O–H groups in total. The molecule has 6 heteroatoms. The molecule has 0 heterocycles. The molecule has 0 aromatic heterocycles. The average Bonchev–Trinajstić information content (AvgIpc) is 3.32. The first-order chi connectivity index (χ1) is 32.5. The van der Waals surface area contributed by atoms with Crippen molar-refractivity contribution in [1.29, 1.82) is 0 Å². The van der Waals surface area contributed by atoms with Gasteiger partial charge < -0.3 is 20.3 Å². The maximum Gasteiger partial charge on any atom is 0.305 e. The zero-order chi connectivity index (χ0) is 47.9. The molecule has 0 aromatic rings. The van der Waals surface area contributed by atoms with Crippen molar-refractivity contribution in [3.8, 4) is 0 Å². The van der Waals surface area contributed by atoms with Crippen LogP contribution >= 0.6 is 0 Å². The SMILES string of the molecule is CCCCCC/C=C\C/C=C\CCCCCCCCCC(=O)OCCCCCCCCCCCCCCCCCCC(=O)NC(CO)C(O)/C=C/CCCCCCCCCCCCCCC. The van der Waals surface area contributed by atoms with Crippen LogP contribution in [0.15, 0.2) is 36.5 Å². The van der Waals surface area contributed by atoms with Gasteiger partial charge in [0.1, 0.15) is 0 Å². The zero-order valence-electron chi connectivity index (χ0n) is 44.2. The van der Waals surface area contributed by atoms with Crippen molar-refractivity contribution in [2.75, 3.05) is 13.2 Å². The van der Waals surface area contributed by atoms with Gasteiger partial charge >= 0.3 is 5.97 Å². The lowest BCUT2D eigenvalue weighted by molar-refractivity contribution is -0.143. The van der Waals surface area contributed by atoms with Gasteiger partial charge in [-0.25, -0.2) is 0 Å². The van der Waals surface area contributed by atoms with Gasteiger partial charge in [0.05, 0.1) is 25.4 Å². The lowest BCUT2D eigenvalue weighted by Gasteiger charge is -2.20. The maximum absolute atomic E-state index is 12.5. The summed E-state index contributed by atoms with van der Waals surface area (Å²) in [6.07, 6.45) is 68.7. The van der Waals surface area contributed by atoms with E-state index in [1.807, 2.05) is 6.08 Å². The van der Waals surface area contributed by atoms with Crippen LogP contribution in [-0.4, -0.2) is 47.4 Å². The zero-order valence-corrected chi connectivity index (χ0v) is 44.2. The van der Waals surface area contributed by atoms with E-state index in [9.17, 15) is 19.8 Å². The third-order valence-electron chi connectivity index (χ3n) is 13.4. The second-order valence-corrected chi connectivity index (χ2v) is 20.0. The second-order valence-electron chi connectivity index (χ2n) is 20.0. The highest BCUT2D eigenvalue weighted by Crippen LogP contribution is 2.17. The number of hydrogen-bond acceptors (Lipinski definition) is 5. The van der Waals surface area contributed by atoms with Gasteiger partial charge in [-0.05, 0) is 64.2 Å². The van der Waals surface area contributed by atoms with Gasteiger partial charge in [-0.3, -0.25) is 9.59 Å². The van der Waals surface area contributed by atoms with Crippen LogP contribution in [0.4, 0.5) is 0 Å². The summed E-state index contributed by atoms with van der Waals surface area (Å²) in [5, 5.41) is 23.1. The van der Waals surface area contributed by atoms with E-state index in [0.717, 1.165) is 57.8 Å². The molecule has 0 radical (unpaired) electrons. The standard InChI is InChI=1S/C60H113NO5/c1-3-5-7-9-11-13-15-17-19-20-21-26-30-34-38-42-46-50-54-60(65)66-55-51-47-43-39-35-31-27-23-22-25-29-33-37-41-45-49-53-59(64)61-57(56-62)58(63)52-48-44-40-36-32-28-24-18-16-14-12-10-8-6-4-2/h13,15,19-20,48,52,57-58,62-63H,3-12,14,16-18,21-47,49-51,53-56H2,1-2H3,(H,61,64)/b15-13-,20-19-,52-48+. The minimum Gasteiger partial charge on any atom is -0.466 e. The number of allylic oxidation sites excluding steroid dienone is 5. The number of esters is 1. The predicted octanol–water partition coefficient (Wildman–Crippen LogP) is 18.0. The van der Waals surface area contributed by atoms with Crippen molar-refractivity contribution < 1.29 is 24.5 Å². The highest BCUT2D eigenvalue weighted by atomic mass is 16.5. The van der Waals surface area contributed by atoms with E-state index in [-0.39, 0.29) is 18.5 Å². The van der Waals surface area contributed by atoms with Crippen molar-refractivity contribution in [2.45, 2.75) is 321 Å². The summed E-state index contributed by atoms with van der Waals surface area (Å²) < 4.78 is 5.48. The minimum atomic E-state index is -0.849. The van der Waals surface area contributed by atoms with Gasteiger partial charge in [-0.2, -0.15) is 0 Å². The van der Waals surface area contributed by atoms with Crippen LogP contribution in [0.3, 0.4) is 0 Å². The number of unbranched alkanes of at least 4 members (excludes halogenated alkanes) is 39. The number of carbonyl (C=O) groups excluding carboxylic acids is 2. The lowest BCUT2D eigenvalue weighted by Crippen LogP contribution is -2.45. The first-order valence-electron chi connectivity index (χ1n) is 29.3. The van der Waals surface area contributed by atoms with E-state index in [1.54, 1.807) is 6.08 Å². The Bertz CT molecular complexity index is 1070. The third-order valence-corrected chi connectivity index (χ3v) is 13.4. The molecule has 66 heavy (non-hydrogen) atoms. The van der Waals surface area contributed by atoms with Gasteiger partial charge in [-0.1, -0.05) is 269 Å². The molecule has 0 fully saturated rings. The van der Waals surface area contributed by atoms with Crippen LogP contribution < -0.4 is 5.32 Å². The Morgan fingerprint density at radius 1 is 0.424 bits per heavy atom. The summed E-state index contributed by atoms with van der Waals surface area (Å²) >= 11 is 0. The van der Waals surface area contributed by atoms with Crippen LogP contribution in [0.2, 0.25) is 0 Å². The lowest BCUT2D eigenvalue weighted by atomic mass is 10.0. The van der Waals surface area contributed by atoms with E-state index in [0.29, 0.717) is 19.4 Å². The minimum absolute atomic E-state index is 0.00524. The molecular formula is C60H113NO5. The quantitative estimate of drug-likeness (QED) is 0.0321. The molecule has 0 saturated heterocycles. The highest BCUT2D eigenvalue weighted by Gasteiger charge is 2.18. The van der Waals surface area contributed by atoms with Gasteiger partial charge in [0.25, 0.3) is 0 Å². The maximum atomic E-state index is 12.5. The molecule has 2 unspecified atom stereocenters. The molecule has 2 atom stereocenters. The number of ether oxygens (including phenoxy) is 1. The fourth-order valence-electron chi connectivity index (χ4n) is 8.90. The van der Waals surface area contributed by atoms with Crippen LogP contribution in [0.25, 0.3) is 0 Å². The Balaban J connectivity index is 3.44. The summed E-state index contributed by atoms with van der Waals surface area (Å²) in [6.45, 7) is 4.88. The van der Waals surface area contributed by atoms with E-state index < -0.39 is 12.1 Å². The molecule has 0 aliphatic heterocycles. The summed E-state index contributed by atoms with van der Waals surface area (Å²) in [5.74, 6) is -0.0796. The summed E-state index contributed by atoms with van der Waals surface area (Å²) in [4.78, 5) is 24.5. The molecule has 0 aliphatic rings. The number of aliphatic hydroxyl groups excluding tert-OH is 2. The van der Waals surface area contributed by atoms with Crippen molar-refractivity contribution in [3.05, 3.63) is 36.5 Å². The third kappa shape index (κ3) is 51.5. The average molecular weight is 929 g/mol. The number of aliphatic hydroxyl groups is 2. The predicted molar refractivity (Wildman–Crippen MR) is 287 cm³/mol. The molecule has 0 bridgehead atoms. The van der Waals surface area contributed by atoms with Gasteiger partial charge in [-0.15, -0.1) is 0 Å². The van der Waals surface area contributed by atoms with Crippen molar-refractivity contribution in [3.63, 3.8) is 0 Å². The first-order valence-corrected chi connectivity index (χ1v) is 29.3. The van der Waals surface area contributed by atoms with E-state index in [4.69, 9.17) is 4.74 Å². The molecule has 0 aromatic carbocycles. The molecule has 0 saturated carbocycles. The van der Waals surface area contributed by atoms with Crippen LogP contribution in [0.1, 0.15) is 309 Å². The number of nitrogens with one attached hydrogen (secondary N) is 1. The molecule has 0 spiro atoms. The molecular weight excluding hydrogens is 815 g/mol. The topological polar surface area (TPSA) is 95.9 Å². The monoisotopic (exact) mass is 928 g/mol. The molecule has 0 rings (SSSR count). The molecule has 1 amide bonds. The Hall–Kier alpha value is -1.92. The van der Waals surface area contributed by atoms with Crippen molar-refractivity contribution >= 4 is 11.9 Å². The van der Waals surface area contributed by atoms with E-state index in [1.165, 1.54) is 225 Å². The Morgan fingerprint density at radius 3 is 1.17 bits per heavy atom. The Morgan fingerprint density at radius 2 is 0.758 bits per heavy atom. The molecule has 388 valence electrons. The van der Waals surface area contributed by atoms with Gasteiger partial charge in [0, 0.05) is 12.8 Å². The summed E-state index contributed by atoms with van der Waals surface area (Å²) in [7, 11) is 0. The smallest absolute Gasteiger partial charge is 0.305 e. The van der Waals surface area contributed by atoms with Crippen molar-refractivity contribution in [2.24, 2.45) is 0 Å². The van der Waals surface area contributed by atoms with Crippen molar-refractivity contribution in [1.82, 2.24) is 5.32 Å². The van der Waals surface area contributed by atoms with Gasteiger partial charge in [0.2, 0.25) is 5.91 Å². The fourth-order valence-corrected chi connectivity index (χ4v) is 8.90. The number of hydrogen-bond donors (Lipinski definition) is 3. The molecule has 0 aliphatic carbocycles. The fraction of sp³-hybridized carbons (Fsp3) is 0.867. The van der Waals surface area contributed by atoms with Crippen LogP contribution in [0, 0.1) is 0 Å². The largest absolute Gasteiger partial charge is 0.466 e. The number of amides is 1. The Labute approximate surface area is 411 Å². The van der Waals surface area contributed by atoms with E-state index >= 15 is 0 Å². The Kier molecular flexibility index (Phi) is 54.1. The molecule has 6 nitrogen and oxygen atoms in total. The van der Waals surface area contributed by atoms with Gasteiger partial charge in [0.15, 0.2) is 0 Å². The van der Waals surface area contributed by atoms with Crippen LogP contribution in [-0.2, 0) is 14.3 Å². The van der Waals surface area contributed by atoms with Crippen LogP contribution in [0.5, 0.6) is 0 Å². The second kappa shape index (κ2) is 55.7. The normalized spacial score (nSPS) is 12.8. The summed E-state index contributed by atoms with van der Waals surface area (Å²) in [5.41, 5.74) is 0. The highest BCUT2D eigenvalue weighted by molar-refractivity contribution is 5.76. The van der Waals surface area contributed by atoms with E-state index in [2.05, 4.69) is 43.5 Å². The first kappa shape index (κ1) is 64.1. The number of carbonyl (C=O) groups is 2.